The number of imidazole rings is 1. The zero-order valence-corrected chi connectivity index (χ0v) is 10.2. The lowest BCUT2D eigenvalue weighted by molar-refractivity contribution is 0.0752. The molecule has 0 bridgehead atoms. The van der Waals surface area contributed by atoms with Gasteiger partial charge in [-0.2, -0.15) is 0 Å². The van der Waals surface area contributed by atoms with Crippen LogP contribution in [0.3, 0.4) is 0 Å². The van der Waals surface area contributed by atoms with Gasteiger partial charge in [0.05, 0.1) is 17.8 Å². The predicted octanol–water partition coefficient (Wildman–Crippen LogP) is 0.916. The van der Waals surface area contributed by atoms with Gasteiger partial charge in [0, 0.05) is 19.1 Å². The van der Waals surface area contributed by atoms with Crippen LogP contribution < -0.4 is 5.69 Å². The molecule has 0 unspecified atom stereocenters. The molecule has 96 valence electrons. The lowest BCUT2D eigenvalue weighted by Gasteiger charge is -2.30. The number of aromatic nitrogens is 2. The zero-order chi connectivity index (χ0) is 12.5. The second-order valence-corrected chi connectivity index (χ2v) is 4.81. The molecule has 0 radical (unpaired) electrons. The Balaban J connectivity index is 1.95. The van der Waals surface area contributed by atoms with Gasteiger partial charge in [0.2, 0.25) is 0 Å². The van der Waals surface area contributed by atoms with E-state index in [0.29, 0.717) is 0 Å². The second-order valence-electron chi connectivity index (χ2n) is 4.81. The third kappa shape index (κ3) is 1.85. The van der Waals surface area contributed by atoms with Crippen LogP contribution in [0.5, 0.6) is 0 Å². The molecule has 1 aliphatic heterocycles. The number of piperidine rings is 1. The van der Waals surface area contributed by atoms with Gasteiger partial charge in [-0.05, 0) is 25.0 Å². The van der Waals surface area contributed by atoms with Gasteiger partial charge in [0.1, 0.15) is 0 Å². The number of H-pyrrole nitrogens is 1. The maximum absolute atomic E-state index is 12.0. The molecule has 0 saturated carbocycles. The molecule has 0 atom stereocenters. The molecule has 18 heavy (non-hydrogen) atoms. The Labute approximate surface area is 105 Å². The molecular formula is C13H17N3O2. The van der Waals surface area contributed by atoms with E-state index < -0.39 is 0 Å². The van der Waals surface area contributed by atoms with E-state index in [4.69, 9.17) is 5.11 Å². The summed E-state index contributed by atoms with van der Waals surface area (Å²) >= 11 is 0. The van der Waals surface area contributed by atoms with Gasteiger partial charge < -0.3 is 10.1 Å². The Morgan fingerprint density at radius 3 is 2.72 bits per heavy atom. The van der Waals surface area contributed by atoms with Crippen molar-refractivity contribution in [2.24, 2.45) is 0 Å². The van der Waals surface area contributed by atoms with Crippen LogP contribution in [0.25, 0.3) is 11.0 Å². The average Bonchev–Trinajstić information content (AvgIpc) is 2.75. The molecule has 2 aromatic rings. The predicted molar refractivity (Wildman–Crippen MR) is 69.5 cm³/mol. The molecule has 0 amide bonds. The third-order valence-corrected chi connectivity index (χ3v) is 3.75. The number of nitrogens with one attached hydrogen (secondary N) is 1. The highest BCUT2D eigenvalue weighted by Crippen LogP contribution is 2.24. The van der Waals surface area contributed by atoms with Gasteiger partial charge in [-0.1, -0.05) is 12.1 Å². The molecule has 1 saturated heterocycles. The molecular weight excluding hydrogens is 230 g/mol. The Morgan fingerprint density at radius 2 is 2.00 bits per heavy atom. The molecule has 2 N–H and O–H groups in total. The number of aromatic amines is 1. The van der Waals surface area contributed by atoms with Crippen molar-refractivity contribution in [3.05, 3.63) is 34.7 Å². The van der Waals surface area contributed by atoms with Crippen molar-refractivity contribution in [1.82, 2.24) is 14.5 Å². The van der Waals surface area contributed by atoms with Gasteiger partial charge in [-0.25, -0.2) is 4.79 Å². The van der Waals surface area contributed by atoms with Crippen molar-refractivity contribution < 1.29 is 5.11 Å². The first kappa shape index (κ1) is 11.5. The largest absolute Gasteiger partial charge is 0.381 e. The lowest BCUT2D eigenvalue weighted by atomic mass is 10.1. The topological polar surface area (TPSA) is 61.3 Å². The number of rotatable bonds is 2. The number of hydrogen-bond donors (Lipinski definition) is 2. The van der Waals surface area contributed by atoms with Crippen molar-refractivity contribution >= 4 is 11.0 Å². The summed E-state index contributed by atoms with van der Waals surface area (Å²) in [5.74, 6) is 0. The van der Waals surface area contributed by atoms with Crippen molar-refractivity contribution in [2.75, 3.05) is 19.8 Å². The Hall–Kier alpha value is -1.59. The maximum Gasteiger partial charge on any atom is 0.326 e. The summed E-state index contributed by atoms with van der Waals surface area (Å²) in [6, 6.07) is 8.02. The number of aliphatic hydroxyl groups excluding tert-OH is 1. The van der Waals surface area contributed by atoms with E-state index in [1.165, 1.54) is 0 Å². The highest BCUT2D eigenvalue weighted by atomic mass is 16.3. The van der Waals surface area contributed by atoms with Crippen LogP contribution in [-0.4, -0.2) is 39.4 Å². The van der Waals surface area contributed by atoms with Crippen LogP contribution >= 0.6 is 0 Å². The summed E-state index contributed by atoms with van der Waals surface area (Å²) in [4.78, 5) is 16.9. The summed E-state index contributed by atoms with van der Waals surface area (Å²) in [5, 5.41) is 9.09. The summed E-state index contributed by atoms with van der Waals surface area (Å²) in [6.07, 6.45) is 1.81. The van der Waals surface area contributed by atoms with E-state index in [1.54, 1.807) is 0 Å². The highest BCUT2D eigenvalue weighted by Gasteiger charge is 2.22. The third-order valence-electron chi connectivity index (χ3n) is 3.75. The average molecular weight is 247 g/mol. The lowest BCUT2D eigenvalue weighted by Crippen LogP contribution is -2.37. The minimum Gasteiger partial charge on any atom is -0.381 e. The monoisotopic (exact) mass is 247 g/mol. The standard InChI is InChI=1S/C13H17N3O2/c17-9-15-7-5-10(6-8-15)16-12-4-2-1-3-11(12)14-13(16)18/h1-4,10,17H,5-9H2,(H,14,18). The molecule has 5 heteroatoms. The van der Waals surface area contributed by atoms with Gasteiger partial charge in [0.15, 0.2) is 0 Å². The van der Waals surface area contributed by atoms with E-state index >= 15 is 0 Å². The number of aliphatic hydroxyl groups is 1. The molecule has 1 aromatic carbocycles. The smallest absolute Gasteiger partial charge is 0.326 e. The Morgan fingerprint density at radius 1 is 1.28 bits per heavy atom. The van der Waals surface area contributed by atoms with Crippen LogP contribution in [0.15, 0.2) is 29.1 Å². The number of hydrogen-bond acceptors (Lipinski definition) is 3. The van der Waals surface area contributed by atoms with Crippen LogP contribution in [0.4, 0.5) is 0 Å². The summed E-state index contributed by atoms with van der Waals surface area (Å²) in [5.41, 5.74) is 1.84. The quantitative estimate of drug-likeness (QED) is 0.829. The van der Waals surface area contributed by atoms with Crippen molar-refractivity contribution in [2.45, 2.75) is 18.9 Å². The molecule has 1 aliphatic rings. The first-order valence-corrected chi connectivity index (χ1v) is 6.32. The van der Waals surface area contributed by atoms with Crippen LogP contribution in [0.2, 0.25) is 0 Å². The van der Waals surface area contributed by atoms with E-state index in [9.17, 15) is 4.79 Å². The van der Waals surface area contributed by atoms with Gasteiger partial charge in [-0.3, -0.25) is 9.47 Å². The van der Waals surface area contributed by atoms with Crippen LogP contribution in [0, 0.1) is 0 Å². The second kappa shape index (κ2) is 4.59. The first-order valence-electron chi connectivity index (χ1n) is 6.32. The van der Waals surface area contributed by atoms with Gasteiger partial charge in [-0.15, -0.1) is 0 Å². The fourth-order valence-corrected chi connectivity index (χ4v) is 2.76. The number of likely N-dealkylation sites (tertiary alicyclic amines) is 1. The molecule has 5 nitrogen and oxygen atoms in total. The minimum atomic E-state index is -0.0290. The molecule has 0 aliphatic carbocycles. The van der Waals surface area contributed by atoms with Gasteiger partial charge in [0.25, 0.3) is 0 Å². The van der Waals surface area contributed by atoms with E-state index in [1.807, 2.05) is 33.7 Å². The maximum atomic E-state index is 12.0. The van der Waals surface area contributed by atoms with Crippen molar-refractivity contribution in [3.8, 4) is 0 Å². The summed E-state index contributed by atoms with van der Waals surface area (Å²) < 4.78 is 1.87. The molecule has 2 heterocycles. The summed E-state index contributed by atoms with van der Waals surface area (Å²) in [7, 11) is 0. The van der Waals surface area contributed by atoms with Crippen LogP contribution in [-0.2, 0) is 0 Å². The van der Waals surface area contributed by atoms with E-state index in [2.05, 4.69) is 4.98 Å². The SMILES string of the molecule is O=c1[nH]c2ccccc2n1C1CCN(CO)CC1. The molecule has 0 spiro atoms. The highest BCUT2D eigenvalue weighted by molar-refractivity contribution is 5.75. The van der Waals surface area contributed by atoms with Gasteiger partial charge >= 0.3 is 5.69 Å². The number of para-hydroxylation sites is 2. The fraction of sp³-hybridized carbons (Fsp3) is 0.462. The first-order chi connectivity index (χ1) is 8.79. The molecule has 1 aromatic heterocycles. The normalized spacial score (nSPS) is 18.5. The fourth-order valence-electron chi connectivity index (χ4n) is 2.76. The van der Waals surface area contributed by atoms with Crippen molar-refractivity contribution in [3.63, 3.8) is 0 Å². The van der Waals surface area contributed by atoms with Crippen molar-refractivity contribution in [1.29, 1.82) is 0 Å². The number of nitrogens with zero attached hydrogens (tertiary/aromatic N) is 2. The minimum absolute atomic E-state index is 0.0290. The molecule has 3 rings (SSSR count). The van der Waals surface area contributed by atoms with E-state index in [0.717, 1.165) is 37.0 Å². The van der Waals surface area contributed by atoms with E-state index in [-0.39, 0.29) is 18.5 Å². The number of fused-ring (bicyclic) bond motifs is 1. The number of benzene rings is 1. The Kier molecular flexibility index (Phi) is 2.93. The van der Waals surface area contributed by atoms with Crippen LogP contribution in [0.1, 0.15) is 18.9 Å². The Bertz CT molecular complexity index is 594. The summed E-state index contributed by atoms with van der Waals surface area (Å²) in [6.45, 7) is 1.79. The zero-order valence-electron chi connectivity index (χ0n) is 10.2. The molecule has 1 fully saturated rings.